The van der Waals surface area contributed by atoms with Crippen molar-refractivity contribution in [3.8, 4) is 6.07 Å². The van der Waals surface area contributed by atoms with Gasteiger partial charge in [-0.2, -0.15) is 5.26 Å². The fraction of sp³-hybridized carbons (Fsp3) is 0.385. The average molecular weight is 249 g/mol. The van der Waals surface area contributed by atoms with Gasteiger partial charge in [0.1, 0.15) is 0 Å². The van der Waals surface area contributed by atoms with E-state index in [2.05, 4.69) is 0 Å². The van der Waals surface area contributed by atoms with E-state index in [0.717, 1.165) is 10.6 Å². The van der Waals surface area contributed by atoms with Crippen LogP contribution in [0.1, 0.15) is 19.3 Å². The molecule has 90 valence electrons. The monoisotopic (exact) mass is 249 g/mol. The number of unbranched alkanes of at least 4 members (excludes halogenated alkanes) is 1. The third-order valence-corrected chi connectivity index (χ3v) is 3.03. The number of nitriles is 1. The van der Waals surface area contributed by atoms with Crippen LogP contribution in [0.15, 0.2) is 35.2 Å². The summed E-state index contributed by atoms with van der Waals surface area (Å²) < 4.78 is 4.98. The summed E-state index contributed by atoms with van der Waals surface area (Å²) in [7, 11) is 0. The summed E-state index contributed by atoms with van der Waals surface area (Å²) in [5.41, 5.74) is 0. The summed E-state index contributed by atoms with van der Waals surface area (Å²) in [5.74, 6) is 0.535. The Bertz CT molecular complexity index is 373. The maximum atomic E-state index is 11.3. The number of nitrogens with zero attached hydrogens (tertiary/aromatic N) is 1. The van der Waals surface area contributed by atoms with E-state index in [1.807, 2.05) is 36.4 Å². The highest BCUT2D eigenvalue weighted by Crippen LogP contribution is 2.17. The van der Waals surface area contributed by atoms with E-state index in [4.69, 9.17) is 10.00 Å². The Labute approximate surface area is 106 Å². The topological polar surface area (TPSA) is 50.1 Å². The van der Waals surface area contributed by atoms with Gasteiger partial charge in [-0.3, -0.25) is 4.79 Å². The Kier molecular flexibility index (Phi) is 6.92. The zero-order valence-corrected chi connectivity index (χ0v) is 10.4. The summed E-state index contributed by atoms with van der Waals surface area (Å²) in [6.07, 6.45) is 1.46. The fourth-order valence-corrected chi connectivity index (χ4v) is 2.03. The zero-order chi connectivity index (χ0) is 12.3. The van der Waals surface area contributed by atoms with Crippen LogP contribution in [-0.4, -0.2) is 18.3 Å². The second-order valence-corrected chi connectivity index (χ2v) is 4.56. The highest BCUT2D eigenvalue weighted by atomic mass is 32.2. The molecule has 0 bridgehead atoms. The molecule has 0 aliphatic heterocycles. The van der Waals surface area contributed by atoms with Crippen LogP contribution in [-0.2, 0) is 9.53 Å². The van der Waals surface area contributed by atoms with Crippen molar-refractivity contribution in [2.75, 3.05) is 12.4 Å². The summed E-state index contributed by atoms with van der Waals surface area (Å²) in [6.45, 7) is 0.350. The lowest BCUT2D eigenvalue weighted by Gasteiger charge is -2.03. The smallest absolute Gasteiger partial charge is 0.306 e. The molecule has 0 heterocycles. The van der Waals surface area contributed by atoms with Gasteiger partial charge in [-0.05, 0) is 18.6 Å². The minimum absolute atomic E-state index is 0.189. The molecule has 0 fully saturated rings. The van der Waals surface area contributed by atoms with Crippen molar-refractivity contribution in [3.05, 3.63) is 30.3 Å². The Morgan fingerprint density at radius 3 is 2.82 bits per heavy atom. The van der Waals surface area contributed by atoms with Crippen molar-refractivity contribution in [2.45, 2.75) is 24.2 Å². The molecular formula is C13H15NO2S. The largest absolute Gasteiger partial charge is 0.466 e. The average Bonchev–Trinajstić information content (AvgIpc) is 2.36. The van der Waals surface area contributed by atoms with Gasteiger partial charge in [-0.1, -0.05) is 18.2 Å². The SMILES string of the molecule is N#CCCCOC(=O)CCSc1ccccc1. The van der Waals surface area contributed by atoms with Crippen LogP contribution in [0.3, 0.4) is 0 Å². The van der Waals surface area contributed by atoms with Crippen LogP contribution < -0.4 is 0 Å². The van der Waals surface area contributed by atoms with Crippen LogP contribution in [0.5, 0.6) is 0 Å². The minimum atomic E-state index is -0.189. The zero-order valence-electron chi connectivity index (χ0n) is 9.59. The normalized spacial score (nSPS) is 9.59. The molecule has 1 aromatic rings. The van der Waals surface area contributed by atoms with Crippen molar-refractivity contribution in [1.29, 1.82) is 5.26 Å². The summed E-state index contributed by atoms with van der Waals surface area (Å²) in [4.78, 5) is 12.4. The summed E-state index contributed by atoms with van der Waals surface area (Å²) in [5, 5.41) is 8.31. The van der Waals surface area contributed by atoms with E-state index in [-0.39, 0.29) is 5.97 Å². The number of carbonyl (C=O) groups excluding carboxylic acids is 1. The molecular weight excluding hydrogens is 234 g/mol. The van der Waals surface area contributed by atoms with E-state index in [1.54, 1.807) is 11.8 Å². The van der Waals surface area contributed by atoms with Gasteiger partial charge in [-0.25, -0.2) is 0 Å². The first-order valence-corrected chi connectivity index (χ1v) is 6.52. The Balaban J connectivity index is 2.07. The number of carbonyl (C=O) groups is 1. The molecule has 0 aliphatic rings. The van der Waals surface area contributed by atoms with E-state index in [0.29, 0.717) is 25.9 Å². The molecule has 0 saturated heterocycles. The molecule has 3 nitrogen and oxygen atoms in total. The van der Waals surface area contributed by atoms with Gasteiger partial charge in [0.15, 0.2) is 0 Å². The first-order chi connectivity index (χ1) is 8.33. The number of thioether (sulfide) groups is 1. The van der Waals surface area contributed by atoms with E-state index < -0.39 is 0 Å². The van der Waals surface area contributed by atoms with Gasteiger partial charge in [-0.15, -0.1) is 11.8 Å². The maximum Gasteiger partial charge on any atom is 0.306 e. The lowest BCUT2D eigenvalue weighted by molar-refractivity contribution is -0.143. The molecule has 0 N–H and O–H groups in total. The number of esters is 1. The van der Waals surface area contributed by atoms with E-state index in [9.17, 15) is 4.79 Å². The van der Waals surface area contributed by atoms with Crippen molar-refractivity contribution in [2.24, 2.45) is 0 Å². The second-order valence-electron chi connectivity index (χ2n) is 3.39. The Morgan fingerprint density at radius 2 is 2.12 bits per heavy atom. The molecule has 1 aromatic carbocycles. The molecule has 0 aliphatic carbocycles. The fourth-order valence-electron chi connectivity index (χ4n) is 1.18. The number of rotatable bonds is 7. The summed E-state index contributed by atoms with van der Waals surface area (Å²) >= 11 is 1.64. The van der Waals surface area contributed by atoms with Gasteiger partial charge < -0.3 is 4.74 Å². The van der Waals surface area contributed by atoms with Crippen molar-refractivity contribution >= 4 is 17.7 Å². The molecule has 0 saturated carbocycles. The molecule has 0 unspecified atom stereocenters. The predicted octanol–water partition coefficient (Wildman–Crippen LogP) is 3.02. The first-order valence-electron chi connectivity index (χ1n) is 5.53. The molecule has 0 spiro atoms. The third kappa shape index (κ3) is 6.64. The lowest BCUT2D eigenvalue weighted by atomic mass is 10.3. The first kappa shape index (κ1) is 13.6. The quantitative estimate of drug-likeness (QED) is 0.423. The molecule has 0 radical (unpaired) electrons. The molecule has 0 amide bonds. The van der Waals surface area contributed by atoms with E-state index >= 15 is 0 Å². The van der Waals surface area contributed by atoms with E-state index in [1.165, 1.54) is 0 Å². The Hall–Kier alpha value is -1.47. The van der Waals surface area contributed by atoms with Crippen LogP contribution in [0.2, 0.25) is 0 Å². The van der Waals surface area contributed by atoms with Gasteiger partial charge in [0.05, 0.1) is 19.1 Å². The van der Waals surface area contributed by atoms with Crippen molar-refractivity contribution < 1.29 is 9.53 Å². The van der Waals surface area contributed by atoms with Gasteiger partial charge >= 0.3 is 5.97 Å². The number of hydrogen-bond donors (Lipinski definition) is 0. The van der Waals surface area contributed by atoms with Crippen LogP contribution in [0, 0.1) is 11.3 Å². The molecule has 0 aromatic heterocycles. The molecule has 17 heavy (non-hydrogen) atoms. The van der Waals surface area contributed by atoms with Crippen molar-refractivity contribution in [1.82, 2.24) is 0 Å². The van der Waals surface area contributed by atoms with Gasteiger partial charge in [0.25, 0.3) is 0 Å². The van der Waals surface area contributed by atoms with Crippen molar-refractivity contribution in [3.63, 3.8) is 0 Å². The lowest BCUT2D eigenvalue weighted by Crippen LogP contribution is -2.06. The van der Waals surface area contributed by atoms with Gasteiger partial charge in [0.2, 0.25) is 0 Å². The number of hydrogen-bond acceptors (Lipinski definition) is 4. The second kappa shape index (κ2) is 8.66. The third-order valence-electron chi connectivity index (χ3n) is 2.01. The maximum absolute atomic E-state index is 11.3. The Morgan fingerprint density at radius 1 is 1.35 bits per heavy atom. The molecule has 0 atom stereocenters. The van der Waals surface area contributed by atoms with Crippen LogP contribution >= 0.6 is 11.8 Å². The van der Waals surface area contributed by atoms with Crippen LogP contribution in [0.4, 0.5) is 0 Å². The summed E-state index contributed by atoms with van der Waals surface area (Å²) in [6, 6.07) is 12.0. The number of benzene rings is 1. The highest BCUT2D eigenvalue weighted by Gasteiger charge is 2.02. The van der Waals surface area contributed by atoms with Crippen LogP contribution in [0.25, 0.3) is 0 Å². The van der Waals surface area contributed by atoms with Gasteiger partial charge in [0, 0.05) is 17.1 Å². The standard InChI is InChI=1S/C13H15NO2S/c14-9-4-5-10-16-13(15)8-11-17-12-6-2-1-3-7-12/h1-3,6-7H,4-5,8,10-11H2. The number of ether oxygens (including phenoxy) is 1. The molecule has 1 rings (SSSR count). The predicted molar refractivity (Wildman–Crippen MR) is 67.6 cm³/mol. The minimum Gasteiger partial charge on any atom is -0.466 e. The highest BCUT2D eigenvalue weighted by molar-refractivity contribution is 7.99. The molecule has 4 heteroatoms.